The van der Waals surface area contributed by atoms with Crippen LogP contribution in [0.4, 0.5) is 28.9 Å². The maximum atomic E-state index is 13.5. The molecule has 2 aromatic rings. The number of nitrogens with zero attached hydrogens (tertiary/aromatic N) is 1. The number of aliphatic hydroxyl groups is 1. The summed E-state index contributed by atoms with van der Waals surface area (Å²) >= 11 is 0. The Balaban J connectivity index is 2.16. The zero-order valence-electron chi connectivity index (χ0n) is 14.3. The molecule has 0 aliphatic carbocycles. The van der Waals surface area contributed by atoms with Gasteiger partial charge in [0.25, 0.3) is 11.6 Å². The number of benzene rings is 2. The molecule has 1 unspecified atom stereocenters. The van der Waals surface area contributed by atoms with Gasteiger partial charge in [0.15, 0.2) is 17.2 Å². The lowest BCUT2D eigenvalue weighted by atomic mass is 10.1. The van der Waals surface area contributed by atoms with Crippen molar-refractivity contribution in [3.63, 3.8) is 0 Å². The van der Waals surface area contributed by atoms with Crippen molar-refractivity contribution in [2.45, 2.75) is 18.7 Å². The molecule has 0 aliphatic rings. The summed E-state index contributed by atoms with van der Waals surface area (Å²) in [7, 11) is 0. The number of nitrogens with one attached hydrogen (secondary N) is 1. The Morgan fingerprint density at radius 3 is 2.46 bits per heavy atom. The summed E-state index contributed by atoms with van der Waals surface area (Å²) in [6.45, 7) is 0.318. The minimum atomic E-state index is -5.03. The maximum absolute atomic E-state index is 13.5. The van der Waals surface area contributed by atoms with E-state index in [1.807, 2.05) is 5.32 Å². The second-order valence-electron chi connectivity index (χ2n) is 5.93. The number of hydrogen-bond acceptors (Lipinski definition) is 5. The summed E-state index contributed by atoms with van der Waals surface area (Å²) < 4.78 is 57.5. The second kappa shape index (κ2) is 7.80. The van der Waals surface area contributed by atoms with Crippen LogP contribution in [-0.4, -0.2) is 28.1 Å². The van der Waals surface area contributed by atoms with E-state index < -0.39 is 52.0 Å². The molecule has 0 saturated heterocycles. The Bertz CT molecular complexity index is 899. The standard InChI is InChI=1S/C17H14F4N2O5/c1-16(25,9-28-14-5-3-2-4-12(14)18)15(24)22-10-6-7-13(23(26)27)11(8-10)17(19,20)21/h2-8,25H,9H2,1H3,(H,22,24). The van der Waals surface area contributed by atoms with E-state index in [0.29, 0.717) is 12.1 Å². The minimum Gasteiger partial charge on any atom is -0.487 e. The highest BCUT2D eigenvalue weighted by Gasteiger charge is 2.39. The van der Waals surface area contributed by atoms with Crippen LogP contribution in [0.1, 0.15) is 12.5 Å². The molecule has 1 atom stereocenters. The molecule has 1 amide bonds. The third kappa shape index (κ3) is 4.94. The SMILES string of the molecule is CC(O)(COc1ccccc1F)C(=O)Nc1ccc([N+](=O)[O-])c(C(F)(F)F)c1. The zero-order chi connectivity index (χ0) is 21.1. The highest BCUT2D eigenvalue weighted by atomic mass is 19.4. The number of ether oxygens (including phenoxy) is 1. The Kier molecular flexibility index (Phi) is 5.88. The van der Waals surface area contributed by atoms with E-state index >= 15 is 0 Å². The first-order valence-corrected chi connectivity index (χ1v) is 7.68. The summed E-state index contributed by atoms with van der Waals surface area (Å²) in [4.78, 5) is 21.7. The maximum Gasteiger partial charge on any atom is 0.423 e. The summed E-state index contributed by atoms with van der Waals surface area (Å²) in [5, 5.41) is 22.9. The van der Waals surface area contributed by atoms with Gasteiger partial charge in [-0.25, -0.2) is 4.39 Å². The molecule has 0 heterocycles. The molecule has 0 saturated carbocycles. The predicted molar refractivity (Wildman–Crippen MR) is 89.2 cm³/mol. The van der Waals surface area contributed by atoms with Gasteiger partial charge < -0.3 is 15.2 Å². The van der Waals surface area contributed by atoms with Crippen molar-refractivity contribution >= 4 is 17.3 Å². The molecular weight excluding hydrogens is 388 g/mol. The number of carbonyl (C=O) groups is 1. The van der Waals surface area contributed by atoms with Crippen molar-refractivity contribution in [2.75, 3.05) is 11.9 Å². The number of rotatable bonds is 6. The van der Waals surface area contributed by atoms with Crippen LogP contribution in [0.25, 0.3) is 0 Å². The van der Waals surface area contributed by atoms with Crippen LogP contribution in [0.2, 0.25) is 0 Å². The molecule has 7 nitrogen and oxygen atoms in total. The van der Waals surface area contributed by atoms with Crippen molar-refractivity contribution < 1.29 is 37.1 Å². The van der Waals surface area contributed by atoms with Crippen LogP contribution in [0.3, 0.4) is 0 Å². The average Bonchev–Trinajstić information content (AvgIpc) is 2.60. The van der Waals surface area contributed by atoms with Gasteiger partial charge in [-0.2, -0.15) is 13.2 Å². The highest BCUT2D eigenvalue weighted by Crippen LogP contribution is 2.37. The molecule has 0 radical (unpaired) electrons. The molecule has 0 bridgehead atoms. The lowest BCUT2D eigenvalue weighted by molar-refractivity contribution is -0.388. The number of halogens is 4. The van der Waals surface area contributed by atoms with Crippen LogP contribution >= 0.6 is 0 Å². The molecule has 0 spiro atoms. The molecule has 11 heteroatoms. The van der Waals surface area contributed by atoms with Gasteiger partial charge in [0, 0.05) is 11.8 Å². The summed E-state index contributed by atoms with van der Waals surface area (Å²) in [6.07, 6.45) is -5.03. The fourth-order valence-corrected chi connectivity index (χ4v) is 2.11. The van der Waals surface area contributed by atoms with Crippen LogP contribution < -0.4 is 10.1 Å². The Hall–Kier alpha value is -3.21. The van der Waals surface area contributed by atoms with Gasteiger partial charge >= 0.3 is 6.18 Å². The molecule has 2 N–H and O–H groups in total. The van der Waals surface area contributed by atoms with Gasteiger partial charge in [-0.15, -0.1) is 0 Å². The molecule has 0 fully saturated rings. The number of amides is 1. The Morgan fingerprint density at radius 1 is 1.25 bits per heavy atom. The molecular formula is C17H14F4N2O5. The van der Waals surface area contributed by atoms with Gasteiger partial charge in [-0.1, -0.05) is 12.1 Å². The number of hydrogen-bond donors (Lipinski definition) is 2. The quantitative estimate of drug-likeness (QED) is 0.437. The third-order valence-electron chi connectivity index (χ3n) is 3.59. The number of nitro benzene ring substituents is 1. The monoisotopic (exact) mass is 402 g/mol. The number of alkyl halides is 3. The van der Waals surface area contributed by atoms with Crippen molar-refractivity contribution in [3.8, 4) is 5.75 Å². The Morgan fingerprint density at radius 2 is 1.89 bits per heavy atom. The van der Waals surface area contributed by atoms with Gasteiger partial charge in [-0.3, -0.25) is 14.9 Å². The second-order valence-corrected chi connectivity index (χ2v) is 5.93. The van der Waals surface area contributed by atoms with Crippen LogP contribution in [-0.2, 0) is 11.0 Å². The molecule has 150 valence electrons. The van der Waals surface area contributed by atoms with E-state index in [2.05, 4.69) is 0 Å². The van der Waals surface area contributed by atoms with E-state index in [9.17, 15) is 37.6 Å². The van der Waals surface area contributed by atoms with E-state index in [4.69, 9.17) is 4.74 Å². The van der Waals surface area contributed by atoms with Gasteiger partial charge in [0.05, 0.1) is 4.92 Å². The first-order valence-electron chi connectivity index (χ1n) is 7.68. The zero-order valence-corrected chi connectivity index (χ0v) is 14.3. The van der Waals surface area contributed by atoms with Crippen molar-refractivity contribution in [3.05, 3.63) is 64.0 Å². The number of nitro groups is 1. The first kappa shape index (κ1) is 21.1. The topological polar surface area (TPSA) is 102 Å². The fourth-order valence-electron chi connectivity index (χ4n) is 2.11. The minimum absolute atomic E-state index is 0.231. The van der Waals surface area contributed by atoms with E-state index in [1.165, 1.54) is 18.2 Å². The van der Waals surface area contributed by atoms with E-state index in [1.54, 1.807) is 0 Å². The van der Waals surface area contributed by atoms with Crippen LogP contribution in [0, 0.1) is 15.9 Å². The summed E-state index contributed by atoms with van der Waals surface area (Å²) in [5.74, 6) is -2.11. The van der Waals surface area contributed by atoms with E-state index in [-0.39, 0.29) is 5.75 Å². The van der Waals surface area contributed by atoms with E-state index in [0.717, 1.165) is 19.1 Å². The number of anilines is 1. The number of carbonyl (C=O) groups excluding carboxylic acids is 1. The van der Waals surface area contributed by atoms with Crippen LogP contribution in [0.5, 0.6) is 5.75 Å². The van der Waals surface area contributed by atoms with Crippen molar-refractivity contribution in [1.82, 2.24) is 0 Å². The van der Waals surface area contributed by atoms with Crippen molar-refractivity contribution in [1.29, 1.82) is 0 Å². The van der Waals surface area contributed by atoms with Gasteiger partial charge in [0.1, 0.15) is 12.2 Å². The van der Waals surface area contributed by atoms with Crippen LogP contribution in [0.15, 0.2) is 42.5 Å². The molecule has 2 rings (SSSR count). The molecule has 28 heavy (non-hydrogen) atoms. The summed E-state index contributed by atoms with van der Waals surface area (Å²) in [6, 6.07) is 7.07. The lowest BCUT2D eigenvalue weighted by Gasteiger charge is -2.23. The third-order valence-corrected chi connectivity index (χ3v) is 3.59. The lowest BCUT2D eigenvalue weighted by Crippen LogP contribution is -2.45. The summed E-state index contributed by atoms with van der Waals surface area (Å²) in [5.41, 5.74) is -5.39. The number of para-hydroxylation sites is 1. The normalized spacial score (nSPS) is 13.5. The first-order chi connectivity index (χ1) is 12.9. The predicted octanol–water partition coefficient (Wildman–Crippen LogP) is 3.52. The van der Waals surface area contributed by atoms with Crippen molar-refractivity contribution in [2.24, 2.45) is 0 Å². The van der Waals surface area contributed by atoms with Gasteiger partial charge in [0.2, 0.25) is 0 Å². The highest BCUT2D eigenvalue weighted by molar-refractivity contribution is 5.97. The Labute approximate surface area is 155 Å². The molecule has 0 aromatic heterocycles. The smallest absolute Gasteiger partial charge is 0.423 e. The molecule has 0 aliphatic heterocycles. The fraction of sp³-hybridized carbons (Fsp3) is 0.235. The molecule has 2 aromatic carbocycles. The van der Waals surface area contributed by atoms with Gasteiger partial charge in [-0.05, 0) is 31.2 Å². The largest absolute Gasteiger partial charge is 0.487 e. The average molecular weight is 402 g/mol.